The molecule has 1 fully saturated rings. The van der Waals surface area contributed by atoms with Gasteiger partial charge < -0.3 is 10.2 Å². The van der Waals surface area contributed by atoms with E-state index in [4.69, 9.17) is 6.42 Å². The summed E-state index contributed by atoms with van der Waals surface area (Å²) in [6.07, 6.45) is 11.1. The van der Waals surface area contributed by atoms with Crippen molar-refractivity contribution in [3.05, 3.63) is 0 Å². The zero-order valence-corrected chi connectivity index (χ0v) is 8.75. The van der Waals surface area contributed by atoms with Crippen LogP contribution in [-0.2, 0) is 0 Å². The number of hydrogen-bond donors (Lipinski definition) is 1. The SMILES string of the molecule is C#CCN(C)C(=O)NC1CCCCC1. The van der Waals surface area contributed by atoms with Gasteiger partial charge in [-0.2, -0.15) is 0 Å². The lowest BCUT2D eigenvalue weighted by atomic mass is 9.96. The van der Waals surface area contributed by atoms with E-state index >= 15 is 0 Å². The summed E-state index contributed by atoms with van der Waals surface area (Å²) in [7, 11) is 1.72. The number of rotatable bonds is 2. The average molecular weight is 194 g/mol. The quantitative estimate of drug-likeness (QED) is 0.665. The first-order chi connectivity index (χ1) is 6.74. The maximum atomic E-state index is 11.5. The minimum atomic E-state index is -0.0464. The van der Waals surface area contributed by atoms with Gasteiger partial charge in [0.2, 0.25) is 0 Å². The molecule has 0 bridgehead atoms. The van der Waals surface area contributed by atoms with Crippen LogP contribution in [0.2, 0.25) is 0 Å². The van der Waals surface area contributed by atoms with Crippen molar-refractivity contribution in [1.82, 2.24) is 10.2 Å². The van der Waals surface area contributed by atoms with Crippen molar-refractivity contribution in [1.29, 1.82) is 0 Å². The number of carbonyl (C=O) groups excluding carboxylic acids is 1. The van der Waals surface area contributed by atoms with E-state index < -0.39 is 0 Å². The number of nitrogens with one attached hydrogen (secondary N) is 1. The summed E-state index contributed by atoms with van der Waals surface area (Å²) in [5.74, 6) is 2.45. The highest BCUT2D eigenvalue weighted by molar-refractivity contribution is 5.74. The summed E-state index contributed by atoms with van der Waals surface area (Å²) in [6.45, 7) is 0.374. The molecule has 0 aromatic rings. The first-order valence-corrected chi connectivity index (χ1v) is 5.19. The van der Waals surface area contributed by atoms with Crippen molar-refractivity contribution < 1.29 is 4.79 Å². The Bertz CT molecular complexity index is 226. The van der Waals surface area contributed by atoms with Gasteiger partial charge in [-0.1, -0.05) is 25.2 Å². The lowest BCUT2D eigenvalue weighted by Gasteiger charge is -2.25. The largest absolute Gasteiger partial charge is 0.335 e. The van der Waals surface area contributed by atoms with Gasteiger partial charge in [-0.05, 0) is 12.8 Å². The van der Waals surface area contributed by atoms with E-state index in [-0.39, 0.29) is 6.03 Å². The monoisotopic (exact) mass is 194 g/mol. The first-order valence-electron chi connectivity index (χ1n) is 5.19. The van der Waals surface area contributed by atoms with Crippen LogP contribution in [0.15, 0.2) is 0 Å². The molecule has 0 atom stereocenters. The Morgan fingerprint density at radius 2 is 2.14 bits per heavy atom. The van der Waals surface area contributed by atoms with Crippen LogP contribution in [0.1, 0.15) is 32.1 Å². The van der Waals surface area contributed by atoms with E-state index in [2.05, 4.69) is 11.2 Å². The van der Waals surface area contributed by atoms with Crippen molar-refractivity contribution in [2.24, 2.45) is 0 Å². The molecule has 0 radical (unpaired) electrons. The molecule has 14 heavy (non-hydrogen) atoms. The third kappa shape index (κ3) is 3.29. The fourth-order valence-corrected chi connectivity index (χ4v) is 1.74. The Kier molecular flexibility index (Phi) is 4.31. The van der Waals surface area contributed by atoms with Crippen molar-refractivity contribution in [2.45, 2.75) is 38.1 Å². The fraction of sp³-hybridized carbons (Fsp3) is 0.727. The molecular weight excluding hydrogens is 176 g/mol. The predicted molar refractivity (Wildman–Crippen MR) is 56.9 cm³/mol. The molecule has 0 saturated heterocycles. The zero-order chi connectivity index (χ0) is 10.4. The zero-order valence-electron chi connectivity index (χ0n) is 8.75. The molecule has 0 unspecified atom stereocenters. The number of nitrogens with zero attached hydrogens (tertiary/aromatic N) is 1. The maximum Gasteiger partial charge on any atom is 0.318 e. The molecule has 1 saturated carbocycles. The van der Waals surface area contributed by atoms with Gasteiger partial charge in [0, 0.05) is 13.1 Å². The molecule has 1 N–H and O–H groups in total. The first kappa shape index (κ1) is 10.9. The highest BCUT2D eigenvalue weighted by Gasteiger charge is 2.16. The third-order valence-corrected chi connectivity index (χ3v) is 2.61. The Morgan fingerprint density at radius 3 is 2.71 bits per heavy atom. The Morgan fingerprint density at radius 1 is 1.50 bits per heavy atom. The summed E-state index contributed by atoms with van der Waals surface area (Å²) < 4.78 is 0. The van der Waals surface area contributed by atoms with Crippen molar-refractivity contribution >= 4 is 6.03 Å². The Hall–Kier alpha value is -1.17. The lowest BCUT2D eigenvalue weighted by molar-refractivity contribution is 0.205. The van der Waals surface area contributed by atoms with Gasteiger partial charge in [0.1, 0.15) is 0 Å². The number of hydrogen-bond acceptors (Lipinski definition) is 1. The van der Waals surface area contributed by atoms with Gasteiger partial charge in [0.15, 0.2) is 0 Å². The minimum absolute atomic E-state index is 0.0464. The van der Waals surface area contributed by atoms with Crippen LogP contribution in [0, 0.1) is 12.3 Å². The molecule has 1 aliphatic rings. The molecule has 1 aliphatic carbocycles. The number of terminal acetylenes is 1. The van der Waals surface area contributed by atoms with Gasteiger partial charge in [-0.25, -0.2) is 4.79 Å². The molecule has 0 aromatic carbocycles. The second-order valence-corrected chi connectivity index (χ2v) is 3.84. The Labute approximate surface area is 85.9 Å². The van der Waals surface area contributed by atoms with Crippen LogP contribution in [0.5, 0.6) is 0 Å². The molecule has 3 heteroatoms. The van der Waals surface area contributed by atoms with Crippen LogP contribution in [0.25, 0.3) is 0 Å². The molecule has 0 heterocycles. The number of urea groups is 1. The van der Waals surface area contributed by atoms with Crippen LogP contribution in [0.3, 0.4) is 0 Å². The van der Waals surface area contributed by atoms with Crippen LogP contribution >= 0.6 is 0 Å². The van der Waals surface area contributed by atoms with E-state index in [1.807, 2.05) is 0 Å². The summed E-state index contributed by atoms with van der Waals surface area (Å²) in [5, 5.41) is 2.99. The number of carbonyl (C=O) groups is 1. The van der Waals surface area contributed by atoms with E-state index in [1.165, 1.54) is 24.2 Å². The summed E-state index contributed by atoms with van der Waals surface area (Å²) >= 11 is 0. The second-order valence-electron chi connectivity index (χ2n) is 3.84. The number of amides is 2. The predicted octanol–water partition coefficient (Wildman–Crippen LogP) is 1.59. The van der Waals surface area contributed by atoms with Crippen LogP contribution in [-0.4, -0.2) is 30.6 Å². The van der Waals surface area contributed by atoms with Gasteiger partial charge in [-0.3, -0.25) is 0 Å². The van der Waals surface area contributed by atoms with Crippen molar-refractivity contribution in [2.75, 3.05) is 13.6 Å². The van der Waals surface area contributed by atoms with Crippen LogP contribution < -0.4 is 5.32 Å². The van der Waals surface area contributed by atoms with E-state index in [1.54, 1.807) is 7.05 Å². The van der Waals surface area contributed by atoms with Gasteiger partial charge in [-0.15, -0.1) is 6.42 Å². The topological polar surface area (TPSA) is 32.3 Å². The maximum absolute atomic E-state index is 11.5. The lowest BCUT2D eigenvalue weighted by Crippen LogP contribution is -2.43. The summed E-state index contributed by atoms with van der Waals surface area (Å²) in [5.41, 5.74) is 0. The molecule has 0 aromatic heterocycles. The van der Waals surface area contributed by atoms with Gasteiger partial charge >= 0.3 is 6.03 Å². The normalized spacial score (nSPS) is 17.1. The van der Waals surface area contributed by atoms with Crippen molar-refractivity contribution in [3.8, 4) is 12.3 Å². The van der Waals surface area contributed by atoms with Gasteiger partial charge in [0.05, 0.1) is 6.54 Å². The highest BCUT2D eigenvalue weighted by atomic mass is 16.2. The fourth-order valence-electron chi connectivity index (χ4n) is 1.74. The highest BCUT2D eigenvalue weighted by Crippen LogP contribution is 2.17. The molecule has 3 nitrogen and oxygen atoms in total. The average Bonchev–Trinajstić information content (AvgIpc) is 2.19. The standard InChI is InChI=1S/C11H18N2O/c1-3-9-13(2)11(14)12-10-7-5-4-6-8-10/h1,10H,4-9H2,2H3,(H,12,14). The third-order valence-electron chi connectivity index (χ3n) is 2.61. The summed E-state index contributed by atoms with van der Waals surface area (Å²) in [6, 6.07) is 0.311. The molecular formula is C11H18N2O. The minimum Gasteiger partial charge on any atom is -0.335 e. The molecule has 0 aliphatic heterocycles. The van der Waals surface area contributed by atoms with Crippen molar-refractivity contribution in [3.63, 3.8) is 0 Å². The Balaban J connectivity index is 2.28. The molecule has 0 spiro atoms. The second kappa shape index (κ2) is 5.54. The molecule has 1 rings (SSSR count). The van der Waals surface area contributed by atoms with Gasteiger partial charge in [0.25, 0.3) is 0 Å². The van der Waals surface area contributed by atoms with E-state index in [0.29, 0.717) is 12.6 Å². The smallest absolute Gasteiger partial charge is 0.318 e. The molecule has 78 valence electrons. The summed E-state index contributed by atoms with van der Waals surface area (Å²) in [4.78, 5) is 13.1. The van der Waals surface area contributed by atoms with E-state index in [9.17, 15) is 4.79 Å². The van der Waals surface area contributed by atoms with Crippen LogP contribution in [0.4, 0.5) is 4.79 Å². The molecule has 2 amide bonds. The van der Waals surface area contributed by atoms with E-state index in [0.717, 1.165) is 12.8 Å².